The lowest BCUT2D eigenvalue weighted by molar-refractivity contribution is 1.47. The molecule has 0 spiro atoms. The largest absolute Gasteiger partial charge is 0.0841 e. The molecule has 1 aromatic rings. The summed E-state index contributed by atoms with van der Waals surface area (Å²) in [5, 5.41) is 0.0981. The number of rotatable bonds is 0. The summed E-state index contributed by atoms with van der Waals surface area (Å²) in [5.41, 5.74) is 0.391. The van der Waals surface area contributed by atoms with Gasteiger partial charge in [-0.05, 0) is 18.5 Å². The summed E-state index contributed by atoms with van der Waals surface area (Å²) in [5.74, 6) is 0. The van der Waals surface area contributed by atoms with Gasteiger partial charge in [0.2, 0.25) is 0 Å². The lowest BCUT2D eigenvalue weighted by Gasteiger charge is -1.90. The highest BCUT2D eigenvalue weighted by Crippen LogP contribution is 2.11. The topological polar surface area (TPSA) is 0 Å². The van der Waals surface area contributed by atoms with E-state index in [-0.39, 0.29) is 29.2 Å². The van der Waals surface area contributed by atoms with Gasteiger partial charge >= 0.3 is 0 Å². The van der Waals surface area contributed by atoms with Crippen LogP contribution in [-0.4, -0.2) is 0 Å². The Hall–Kier alpha value is -0.490. The minimum atomic E-state index is -0.282. The molecule has 0 N–H and O–H groups in total. The van der Waals surface area contributed by atoms with Gasteiger partial charge < -0.3 is 0 Å². The SMILES string of the molecule is [2H]c1c([2H])c([2H])c(Cl)c(C)c1[2H]. The Labute approximate surface area is 59.7 Å². The van der Waals surface area contributed by atoms with Crippen molar-refractivity contribution in [1.29, 1.82) is 0 Å². The highest BCUT2D eigenvalue weighted by molar-refractivity contribution is 6.31. The molecule has 0 fully saturated rings. The number of hydrogen-bond donors (Lipinski definition) is 0. The summed E-state index contributed by atoms with van der Waals surface area (Å²) < 4.78 is 29.2. The molecule has 0 aliphatic heterocycles. The summed E-state index contributed by atoms with van der Waals surface area (Å²) in [7, 11) is 0. The predicted octanol–water partition coefficient (Wildman–Crippen LogP) is 2.65. The van der Waals surface area contributed by atoms with Crippen LogP contribution < -0.4 is 0 Å². The molecule has 0 unspecified atom stereocenters. The number of halogens is 1. The van der Waals surface area contributed by atoms with E-state index < -0.39 is 0 Å². The highest BCUT2D eigenvalue weighted by Gasteiger charge is 1.86. The molecular weight excluding hydrogens is 120 g/mol. The monoisotopic (exact) mass is 130 g/mol. The lowest BCUT2D eigenvalue weighted by atomic mass is 10.2. The van der Waals surface area contributed by atoms with E-state index in [0.29, 0.717) is 5.56 Å². The van der Waals surface area contributed by atoms with Gasteiger partial charge in [0.25, 0.3) is 0 Å². The van der Waals surface area contributed by atoms with E-state index in [0.717, 1.165) is 0 Å². The van der Waals surface area contributed by atoms with Gasteiger partial charge in [-0.2, -0.15) is 0 Å². The van der Waals surface area contributed by atoms with Gasteiger partial charge in [0.05, 0.1) is 5.48 Å². The Morgan fingerprint density at radius 3 is 2.88 bits per heavy atom. The normalized spacial score (nSPS) is 16.2. The van der Waals surface area contributed by atoms with Gasteiger partial charge in [-0.15, -0.1) is 0 Å². The van der Waals surface area contributed by atoms with E-state index in [1.165, 1.54) is 0 Å². The average Bonchev–Trinajstić information content (AvgIpc) is 2.08. The molecule has 1 heteroatoms. The third kappa shape index (κ3) is 1.01. The van der Waals surface area contributed by atoms with Crippen LogP contribution in [0.4, 0.5) is 0 Å². The fraction of sp³-hybridized carbons (Fsp3) is 0.143. The van der Waals surface area contributed by atoms with Crippen LogP contribution >= 0.6 is 11.6 Å². The fourth-order valence-corrected chi connectivity index (χ4v) is 0.454. The van der Waals surface area contributed by atoms with E-state index in [9.17, 15) is 0 Å². The summed E-state index contributed by atoms with van der Waals surface area (Å²) >= 11 is 5.65. The Morgan fingerprint density at radius 2 is 2.12 bits per heavy atom. The molecule has 42 valence electrons. The quantitative estimate of drug-likeness (QED) is 0.507. The molecule has 0 atom stereocenters. The summed E-state index contributed by atoms with van der Waals surface area (Å²) in [6, 6.07) is -0.756. The first-order valence-electron chi connectivity index (χ1n) is 4.19. The van der Waals surface area contributed by atoms with Crippen LogP contribution in [-0.2, 0) is 0 Å². The zero-order chi connectivity index (χ0) is 9.46. The minimum Gasteiger partial charge on any atom is -0.0841 e. The smallest absolute Gasteiger partial charge is 0.0639 e. The van der Waals surface area contributed by atoms with Crippen molar-refractivity contribution >= 4 is 11.6 Å². The highest BCUT2D eigenvalue weighted by atomic mass is 35.5. The van der Waals surface area contributed by atoms with Crippen molar-refractivity contribution < 1.29 is 5.48 Å². The first kappa shape index (κ1) is 2.40. The minimum absolute atomic E-state index is 0.0685. The molecule has 0 aliphatic carbocycles. The lowest BCUT2D eigenvalue weighted by Crippen LogP contribution is -1.68. The first-order chi connectivity index (χ1) is 5.46. The third-order valence-corrected chi connectivity index (χ3v) is 1.19. The molecule has 1 rings (SSSR count). The zero-order valence-corrected chi connectivity index (χ0v) is 5.13. The average molecular weight is 131 g/mol. The van der Waals surface area contributed by atoms with Crippen molar-refractivity contribution in [2.75, 3.05) is 0 Å². The Morgan fingerprint density at radius 1 is 1.50 bits per heavy atom. The molecular formula is C7H7Cl. The van der Waals surface area contributed by atoms with Crippen LogP contribution in [0.2, 0.25) is 5.02 Å². The van der Waals surface area contributed by atoms with E-state index in [1.54, 1.807) is 6.92 Å². The molecule has 8 heavy (non-hydrogen) atoms. The zero-order valence-electron chi connectivity index (χ0n) is 8.38. The molecule has 0 saturated heterocycles. The maximum absolute atomic E-state index is 7.35. The first-order valence-corrected chi connectivity index (χ1v) is 2.57. The van der Waals surface area contributed by atoms with Gasteiger partial charge in [-0.25, -0.2) is 0 Å². The van der Waals surface area contributed by atoms with Crippen LogP contribution in [0.15, 0.2) is 24.2 Å². The second-order valence-electron chi connectivity index (χ2n) is 1.44. The molecule has 0 heterocycles. The predicted molar refractivity (Wildman–Crippen MR) is 36.2 cm³/mol. The standard InChI is InChI=1S/C7H7Cl/c1-6-4-2-3-5-7(6)8/h2-5H,1H3/i2D,3D,4D,5D. The van der Waals surface area contributed by atoms with Crippen LogP contribution in [0.25, 0.3) is 0 Å². The second-order valence-corrected chi connectivity index (χ2v) is 1.82. The molecule has 0 saturated carbocycles. The Kier molecular flexibility index (Phi) is 0.656. The maximum Gasteiger partial charge on any atom is 0.0639 e. The van der Waals surface area contributed by atoms with Gasteiger partial charge in [0, 0.05) is 5.02 Å². The third-order valence-electron chi connectivity index (χ3n) is 0.814. The van der Waals surface area contributed by atoms with E-state index in [4.69, 9.17) is 17.1 Å². The van der Waals surface area contributed by atoms with E-state index in [1.807, 2.05) is 0 Å². The molecule has 1 aromatic carbocycles. The number of hydrogen-bond acceptors (Lipinski definition) is 0. The summed E-state index contributed by atoms with van der Waals surface area (Å²) in [4.78, 5) is 0. The molecule has 0 nitrogen and oxygen atoms in total. The fourth-order valence-electron chi connectivity index (χ4n) is 0.360. The molecule has 0 aromatic heterocycles. The Bertz CT molecular complexity index is 230. The van der Waals surface area contributed by atoms with Crippen molar-refractivity contribution in [2.45, 2.75) is 6.92 Å². The molecule has 0 bridgehead atoms. The van der Waals surface area contributed by atoms with Crippen molar-refractivity contribution in [3.05, 3.63) is 34.8 Å². The van der Waals surface area contributed by atoms with Crippen LogP contribution in [0.3, 0.4) is 0 Å². The summed E-state index contributed by atoms with van der Waals surface area (Å²) in [6.45, 7) is 1.57. The maximum atomic E-state index is 7.35. The number of benzene rings is 1. The van der Waals surface area contributed by atoms with Crippen molar-refractivity contribution in [2.24, 2.45) is 0 Å². The van der Waals surface area contributed by atoms with Gasteiger partial charge in [0.15, 0.2) is 0 Å². The molecule has 0 radical (unpaired) electrons. The summed E-state index contributed by atoms with van der Waals surface area (Å²) in [6.07, 6.45) is 0. The van der Waals surface area contributed by atoms with Gasteiger partial charge in [0.1, 0.15) is 0 Å². The van der Waals surface area contributed by atoms with Gasteiger partial charge in [-0.3, -0.25) is 0 Å². The van der Waals surface area contributed by atoms with Crippen molar-refractivity contribution in [1.82, 2.24) is 0 Å². The molecule has 0 amide bonds. The van der Waals surface area contributed by atoms with Crippen LogP contribution in [0.5, 0.6) is 0 Å². The van der Waals surface area contributed by atoms with E-state index >= 15 is 0 Å². The van der Waals surface area contributed by atoms with Crippen molar-refractivity contribution in [3.63, 3.8) is 0 Å². The van der Waals surface area contributed by atoms with Crippen molar-refractivity contribution in [3.8, 4) is 0 Å². The van der Waals surface area contributed by atoms with Crippen LogP contribution in [0, 0.1) is 6.92 Å². The Balaban J connectivity index is 3.60. The van der Waals surface area contributed by atoms with Crippen LogP contribution in [0.1, 0.15) is 11.0 Å². The van der Waals surface area contributed by atoms with Gasteiger partial charge in [-0.1, -0.05) is 29.7 Å². The second kappa shape index (κ2) is 2.19. The van der Waals surface area contributed by atoms with E-state index in [2.05, 4.69) is 0 Å². The molecule has 0 aliphatic rings.